The number of carboxylic acids is 1. The predicted octanol–water partition coefficient (Wildman–Crippen LogP) is 3.55. The maximum atomic E-state index is 14.5. The molecule has 0 unspecified atom stereocenters. The third kappa shape index (κ3) is 1.98. The summed E-state index contributed by atoms with van der Waals surface area (Å²) in [5.74, 6) is -1.42. The summed E-state index contributed by atoms with van der Waals surface area (Å²) < 4.78 is 16.3. The van der Waals surface area contributed by atoms with Crippen LogP contribution < -0.4 is 0 Å². The number of aliphatic imine (C=N–C) groups is 1. The number of aromatic carboxylic acids is 1. The van der Waals surface area contributed by atoms with E-state index in [9.17, 15) is 14.3 Å². The Morgan fingerprint density at radius 3 is 2.46 bits per heavy atom. The molecule has 1 aliphatic heterocycles. The molecule has 2 aliphatic rings. The molecule has 5 rings (SSSR count). The van der Waals surface area contributed by atoms with Gasteiger partial charge in [0.25, 0.3) is 0 Å². The zero-order valence-corrected chi connectivity index (χ0v) is 13.7. The Labute approximate surface area is 148 Å². The van der Waals surface area contributed by atoms with Crippen molar-refractivity contribution in [2.45, 2.75) is 18.4 Å². The van der Waals surface area contributed by atoms with E-state index in [0.29, 0.717) is 29.8 Å². The summed E-state index contributed by atoms with van der Waals surface area (Å²) >= 11 is 0. The summed E-state index contributed by atoms with van der Waals surface area (Å²) in [6.07, 6.45) is 2.95. The normalized spacial score (nSPS) is 16.4. The lowest BCUT2D eigenvalue weighted by atomic mass is 10.00. The van der Waals surface area contributed by atoms with E-state index in [-0.39, 0.29) is 11.5 Å². The van der Waals surface area contributed by atoms with E-state index in [1.165, 1.54) is 12.4 Å². The number of hydrogen-bond acceptors (Lipinski definition) is 3. The average Bonchev–Trinajstić information content (AvgIpc) is 3.30. The number of halogens is 1. The summed E-state index contributed by atoms with van der Waals surface area (Å²) in [5.41, 5.74) is 2.41. The first-order valence-electron chi connectivity index (χ1n) is 8.36. The lowest BCUT2D eigenvalue weighted by Crippen LogP contribution is -2.15. The topological polar surface area (TPSA) is 67.5 Å². The molecule has 0 radical (unpaired) electrons. The maximum absolute atomic E-state index is 14.5. The van der Waals surface area contributed by atoms with E-state index in [2.05, 4.69) is 4.98 Å². The number of nitrogens with zero attached hydrogens (tertiary/aromatic N) is 3. The molecule has 3 aromatic rings. The molecule has 1 spiro atoms. The van der Waals surface area contributed by atoms with Crippen LogP contribution in [0.5, 0.6) is 0 Å². The number of rotatable bonds is 2. The van der Waals surface area contributed by atoms with Gasteiger partial charge in [0, 0.05) is 11.1 Å². The molecule has 0 atom stereocenters. The molecular formula is C20H14FN3O2. The third-order valence-electron chi connectivity index (χ3n) is 5.01. The Balaban J connectivity index is 1.87. The highest BCUT2D eigenvalue weighted by Gasteiger charge is 2.51. The number of carbonyl (C=O) groups is 1. The molecule has 2 heterocycles. The van der Waals surface area contributed by atoms with Crippen LogP contribution in [0.25, 0.3) is 5.69 Å². The molecule has 1 saturated carbocycles. The van der Waals surface area contributed by atoms with Gasteiger partial charge in [-0.25, -0.2) is 14.2 Å². The van der Waals surface area contributed by atoms with Gasteiger partial charge in [-0.05, 0) is 31.0 Å². The molecule has 6 heteroatoms. The minimum Gasteiger partial charge on any atom is -0.476 e. The highest BCUT2D eigenvalue weighted by atomic mass is 19.1. The average molecular weight is 347 g/mol. The van der Waals surface area contributed by atoms with Crippen LogP contribution in [0, 0.1) is 5.82 Å². The standard InChI is InChI=1S/C20H14FN3O2/c21-14-7-3-1-5-12(14)16-13-6-2-4-8-15(13)24-11-22-17(19(25)26)18(24)20(23-16)9-10-20/h1-8,11H,9-10H2,(H,25,26). The van der Waals surface area contributed by atoms with Crippen molar-refractivity contribution >= 4 is 11.7 Å². The molecule has 1 aliphatic carbocycles. The van der Waals surface area contributed by atoms with E-state index in [0.717, 1.165) is 11.3 Å². The Bertz CT molecular complexity index is 1100. The molecule has 0 saturated heterocycles. The van der Waals surface area contributed by atoms with Crippen molar-refractivity contribution in [1.29, 1.82) is 0 Å². The van der Waals surface area contributed by atoms with Crippen molar-refractivity contribution in [3.63, 3.8) is 0 Å². The van der Waals surface area contributed by atoms with Crippen molar-refractivity contribution in [2.24, 2.45) is 4.99 Å². The summed E-state index contributed by atoms with van der Waals surface area (Å²) in [6.45, 7) is 0. The fourth-order valence-corrected chi connectivity index (χ4v) is 3.67. The molecule has 2 aromatic carbocycles. The second-order valence-corrected chi connectivity index (χ2v) is 6.61. The van der Waals surface area contributed by atoms with Crippen LogP contribution in [-0.2, 0) is 5.54 Å². The van der Waals surface area contributed by atoms with Gasteiger partial charge in [-0.15, -0.1) is 0 Å². The van der Waals surface area contributed by atoms with Crippen LogP contribution in [0.15, 0.2) is 59.9 Å². The van der Waals surface area contributed by atoms with Crippen LogP contribution >= 0.6 is 0 Å². The van der Waals surface area contributed by atoms with Crippen molar-refractivity contribution in [1.82, 2.24) is 9.55 Å². The van der Waals surface area contributed by atoms with Crippen molar-refractivity contribution in [3.8, 4) is 5.69 Å². The number of carboxylic acid groups (broad SMARTS) is 1. The van der Waals surface area contributed by atoms with Gasteiger partial charge in [0.05, 0.1) is 17.1 Å². The quantitative estimate of drug-likeness (QED) is 0.771. The first kappa shape index (κ1) is 15.0. The van der Waals surface area contributed by atoms with E-state index in [1.54, 1.807) is 22.8 Å². The Hall–Kier alpha value is -3.28. The third-order valence-corrected chi connectivity index (χ3v) is 5.01. The highest BCUT2D eigenvalue weighted by Crippen LogP contribution is 2.53. The number of hydrogen-bond donors (Lipinski definition) is 1. The Kier molecular flexibility index (Phi) is 2.95. The largest absolute Gasteiger partial charge is 0.476 e. The molecule has 0 amide bonds. The number of benzene rings is 2. The monoisotopic (exact) mass is 347 g/mol. The van der Waals surface area contributed by atoms with E-state index in [1.807, 2.05) is 24.3 Å². The van der Waals surface area contributed by atoms with Crippen molar-refractivity contribution < 1.29 is 14.3 Å². The number of imidazole rings is 1. The molecule has 5 nitrogen and oxygen atoms in total. The number of fused-ring (bicyclic) bond motifs is 4. The Morgan fingerprint density at radius 1 is 1.08 bits per heavy atom. The summed E-state index contributed by atoms with van der Waals surface area (Å²) in [6, 6.07) is 14.0. The molecule has 26 heavy (non-hydrogen) atoms. The Morgan fingerprint density at radius 2 is 1.77 bits per heavy atom. The lowest BCUT2D eigenvalue weighted by molar-refractivity contribution is 0.0688. The van der Waals surface area contributed by atoms with Crippen LogP contribution in [0.3, 0.4) is 0 Å². The van der Waals surface area contributed by atoms with Crippen LogP contribution in [0.1, 0.15) is 40.2 Å². The molecule has 0 bridgehead atoms. The summed E-state index contributed by atoms with van der Waals surface area (Å²) in [7, 11) is 0. The molecule has 128 valence electrons. The number of para-hydroxylation sites is 1. The van der Waals surface area contributed by atoms with Crippen LogP contribution in [0.4, 0.5) is 4.39 Å². The van der Waals surface area contributed by atoms with Gasteiger partial charge in [0.2, 0.25) is 0 Å². The van der Waals surface area contributed by atoms with Gasteiger partial charge < -0.3 is 5.11 Å². The van der Waals surface area contributed by atoms with Gasteiger partial charge >= 0.3 is 5.97 Å². The highest BCUT2D eigenvalue weighted by molar-refractivity contribution is 6.15. The fraction of sp³-hybridized carbons (Fsp3) is 0.150. The minimum atomic E-state index is -1.08. The smallest absolute Gasteiger partial charge is 0.356 e. The zero-order chi connectivity index (χ0) is 17.9. The summed E-state index contributed by atoms with van der Waals surface area (Å²) in [4.78, 5) is 20.7. The van der Waals surface area contributed by atoms with Gasteiger partial charge in [-0.3, -0.25) is 9.56 Å². The van der Waals surface area contributed by atoms with Gasteiger partial charge in [0.15, 0.2) is 5.69 Å². The second kappa shape index (κ2) is 5.11. The lowest BCUT2D eigenvalue weighted by Gasteiger charge is -2.12. The SMILES string of the molecule is O=C(O)c1ncn2c1C1(CC1)N=C(c1ccccc1F)c1ccccc1-2. The predicted molar refractivity (Wildman–Crippen MR) is 93.5 cm³/mol. The van der Waals surface area contributed by atoms with E-state index >= 15 is 0 Å². The van der Waals surface area contributed by atoms with E-state index in [4.69, 9.17) is 4.99 Å². The van der Waals surface area contributed by atoms with Gasteiger partial charge in [-0.1, -0.05) is 30.3 Å². The fourth-order valence-electron chi connectivity index (χ4n) is 3.67. The first-order valence-corrected chi connectivity index (χ1v) is 8.36. The second-order valence-electron chi connectivity index (χ2n) is 6.61. The zero-order valence-electron chi connectivity index (χ0n) is 13.7. The number of aromatic nitrogens is 2. The van der Waals surface area contributed by atoms with E-state index < -0.39 is 11.5 Å². The molecular weight excluding hydrogens is 333 g/mol. The van der Waals surface area contributed by atoms with Crippen LogP contribution in [-0.4, -0.2) is 26.3 Å². The van der Waals surface area contributed by atoms with Gasteiger partial charge in [0.1, 0.15) is 17.7 Å². The first-order chi connectivity index (χ1) is 12.6. The summed E-state index contributed by atoms with van der Waals surface area (Å²) in [5, 5.41) is 9.57. The molecule has 1 fully saturated rings. The van der Waals surface area contributed by atoms with Gasteiger partial charge in [-0.2, -0.15) is 0 Å². The van der Waals surface area contributed by atoms with Crippen molar-refractivity contribution in [2.75, 3.05) is 0 Å². The molecule has 1 aromatic heterocycles. The molecule has 1 N–H and O–H groups in total. The minimum absolute atomic E-state index is 0.0100. The van der Waals surface area contributed by atoms with Crippen molar-refractivity contribution in [3.05, 3.63) is 83.2 Å². The maximum Gasteiger partial charge on any atom is 0.356 e. The van der Waals surface area contributed by atoms with Crippen LogP contribution in [0.2, 0.25) is 0 Å².